The van der Waals surface area contributed by atoms with Gasteiger partial charge in [-0.2, -0.15) is 0 Å². The van der Waals surface area contributed by atoms with Gasteiger partial charge >= 0.3 is 0 Å². The Labute approximate surface area is 121 Å². The molecular weight excluding hydrogens is 255 g/mol. The molecule has 4 heteroatoms. The molecule has 20 heavy (non-hydrogen) atoms. The quantitative estimate of drug-likeness (QED) is 0.867. The Morgan fingerprint density at radius 1 is 1.35 bits per heavy atom. The summed E-state index contributed by atoms with van der Waals surface area (Å²) in [6.45, 7) is 3.90. The molecule has 1 N–H and O–H groups in total. The van der Waals surface area contributed by atoms with Crippen LogP contribution in [0, 0.1) is 11.7 Å². The second-order valence-electron chi connectivity index (χ2n) is 5.55. The lowest BCUT2D eigenvalue weighted by atomic mass is 9.93. The first kappa shape index (κ1) is 15.3. The smallest absolute Gasteiger partial charge is 0.169 e. The Kier molecular flexibility index (Phi) is 5.80. The fourth-order valence-corrected chi connectivity index (χ4v) is 2.86. The van der Waals surface area contributed by atoms with Crippen molar-refractivity contribution in [1.82, 2.24) is 10.2 Å². The second-order valence-corrected chi connectivity index (χ2v) is 5.55. The van der Waals surface area contributed by atoms with Gasteiger partial charge in [0, 0.05) is 12.1 Å². The molecule has 0 radical (unpaired) electrons. The van der Waals surface area contributed by atoms with Crippen molar-refractivity contribution >= 4 is 0 Å². The third kappa shape index (κ3) is 3.93. The third-order valence-corrected chi connectivity index (χ3v) is 4.17. The van der Waals surface area contributed by atoms with E-state index in [1.54, 1.807) is 6.07 Å². The molecule has 0 saturated carbocycles. The highest BCUT2D eigenvalue weighted by molar-refractivity contribution is 5.31. The van der Waals surface area contributed by atoms with Crippen molar-refractivity contribution in [3.05, 3.63) is 29.6 Å². The summed E-state index contributed by atoms with van der Waals surface area (Å²) in [7, 11) is 3.51. The van der Waals surface area contributed by atoms with Crippen molar-refractivity contribution in [2.75, 3.05) is 33.8 Å². The number of benzene rings is 1. The number of ether oxygens (including phenoxy) is 1. The molecule has 1 saturated heterocycles. The van der Waals surface area contributed by atoms with Crippen LogP contribution < -0.4 is 10.1 Å². The van der Waals surface area contributed by atoms with Crippen LogP contribution in [-0.4, -0.2) is 38.7 Å². The average Bonchev–Trinajstić information content (AvgIpc) is 2.48. The van der Waals surface area contributed by atoms with Gasteiger partial charge in [-0.1, -0.05) is 12.1 Å². The molecule has 1 aromatic carbocycles. The summed E-state index contributed by atoms with van der Waals surface area (Å²) in [5.74, 6) is 0.938. The minimum atomic E-state index is -0.215. The van der Waals surface area contributed by atoms with Crippen LogP contribution in [0.1, 0.15) is 24.8 Å². The van der Waals surface area contributed by atoms with E-state index in [1.165, 1.54) is 26.4 Å². The Balaban J connectivity index is 1.86. The van der Waals surface area contributed by atoms with E-state index < -0.39 is 0 Å². The zero-order valence-corrected chi connectivity index (χ0v) is 12.5. The van der Waals surface area contributed by atoms with E-state index >= 15 is 0 Å². The second kappa shape index (κ2) is 7.60. The largest absolute Gasteiger partial charge is 0.494 e. The number of nitrogens with one attached hydrogen (secondary N) is 1. The van der Waals surface area contributed by atoms with Gasteiger partial charge in [0.15, 0.2) is 11.6 Å². The number of rotatable bonds is 6. The van der Waals surface area contributed by atoms with E-state index in [2.05, 4.69) is 10.2 Å². The lowest BCUT2D eigenvalue weighted by Crippen LogP contribution is -2.34. The van der Waals surface area contributed by atoms with Crippen LogP contribution in [0.15, 0.2) is 18.2 Å². The predicted molar refractivity (Wildman–Crippen MR) is 79.5 cm³/mol. The highest BCUT2D eigenvalue weighted by Crippen LogP contribution is 2.24. The van der Waals surface area contributed by atoms with Crippen LogP contribution >= 0.6 is 0 Å². The number of methoxy groups -OCH3 is 1. The van der Waals surface area contributed by atoms with Crippen molar-refractivity contribution in [2.24, 2.45) is 5.92 Å². The van der Waals surface area contributed by atoms with Crippen LogP contribution in [0.2, 0.25) is 0 Å². The standard InChI is InChI=1S/C16H25FN2O/c1-18-9-6-13-7-10-19(11-8-13)12-14-4-3-5-15(20-2)16(14)17/h3-5,13,18H,6-12H2,1-2H3. The van der Waals surface area contributed by atoms with Gasteiger partial charge in [-0.05, 0) is 57.9 Å². The lowest BCUT2D eigenvalue weighted by molar-refractivity contribution is 0.170. The van der Waals surface area contributed by atoms with Gasteiger partial charge in [-0.3, -0.25) is 4.90 Å². The minimum absolute atomic E-state index is 0.215. The summed E-state index contributed by atoms with van der Waals surface area (Å²) in [4.78, 5) is 2.34. The monoisotopic (exact) mass is 280 g/mol. The molecule has 0 unspecified atom stereocenters. The molecule has 0 aliphatic carbocycles. The minimum Gasteiger partial charge on any atom is -0.494 e. The number of hydrogen-bond donors (Lipinski definition) is 1. The van der Waals surface area contributed by atoms with Gasteiger partial charge in [-0.25, -0.2) is 4.39 Å². The molecule has 0 spiro atoms. The molecular formula is C16H25FN2O. The Hall–Kier alpha value is -1.13. The van der Waals surface area contributed by atoms with Gasteiger partial charge < -0.3 is 10.1 Å². The van der Waals surface area contributed by atoms with Gasteiger partial charge in [0.1, 0.15) is 0 Å². The summed E-state index contributed by atoms with van der Waals surface area (Å²) in [5, 5.41) is 3.21. The molecule has 1 fully saturated rings. The Morgan fingerprint density at radius 3 is 2.75 bits per heavy atom. The van der Waals surface area contributed by atoms with Crippen molar-refractivity contribution < 1.29 is 9.13 Å². The first-order chi connectivity index (χ1) is 9.74. The molecule has 1 aliphatic heterocycles. The van der Waals surface area contributed by atoms with Gasteiger partial charge in [0.2, 0.25) is 0 Å². The predicted octanol–water partition coefficient (Wildman–Crippen LogP) is 2.66. The van der Waals surface area contributed by atoms with Crippen LogP contribution in [-0.2, 0) is 6.54 Å². The normalized spacial score (nSPS) is 17.4. The zero-order valence-electron chi connectivity index (χ0n) is 12.5. The molecule has 0 atom stereocenters. The van der Waals surface area contributed by atoms with E-state index in [4.69, 9.17) is 4.74 Å². The fourth-order valence-electron chi connectivity index (χ4n) is 2.86. The van der Waals surface area contributed by atoms with Crippen molar-refractivity contribution in [3.8, 4) is 5.75 Å². The molecule has 1 aromatic rings. The van der Waals surface area contributed by atoms with Gasteiger partial charge in [0.05, 0.1) is 7.11 Å². The molecule has 0 aromatic heterocycles. The molecule has 1 aliphatic rings. The lowest BCUT2D eigenvalue weighted by Gasteiger charge is -2.32. The van der Waals surface area contributed by atoms with E-state index in [0.717, 1.165) is 31.1 Å². The Bertz CT molecular complexity index is 417. The third-order valence-electron chi connectivity index (χ3n) is 4.17. The van der Waals surface area contributed by atoms with Crippen LogP contribution in [0.3, 0.4) is 0 Å². The summed E-state index contributed by atoms with van der Waals surface area (Å²) in [6, 6.07) is 5.38. The highest BCUT2D eigenvalue weighted by Gasteiger charge is 2.20. The first-order valence-corrected chi connectivity index (χ1v) is 7.43. The summed E-state index contributed by atoms with van der Waals surface area (Å²) in [6.07, 6.45) is 3.68. The highest BCUT2D eigenvalue weighted by atomic mass is 19.1. The summed E-state index contributed by atoms with van der Waals surface area (Å²) < 4.78 is 19.1. The first-order valence-electron chi connectivity index (χ1n) is 7.43. The fraction of sp³-hybridized carbons (Fsp3) is 0.625. The SMILES string of the molecule is CNCCC1CCN(Cc2cccc(OC)c2F)CC1. The van der Waals surface area contributed by atoms with Gasteiger partial charge in [0.25, 0.3) is 0 Å². The average molecular weight is 280 g/mol. The number of likely N-dealkylation sites (tertiary alicyclic amines) is 1. The number of halogens is 1. The van der Waals surface area contributed by atoms with Crippen molar-refractivity contribution in [3.63, 3.8) is 0 Å². The maximum atomic E-state index is 14.1. The summed E-state index contributed by atoms with van der Waals surface area (Å²) in [5.41, 5.74) is 0.734. The zero-order chi connectivity index (χ0) is 14.4. The van der Waals surface area contributed by atoms with Gasteiger partial charge in [-0.15, -0.1) is 0 Å². The maximum Gasteiger partial charge on any atom is 0.169 e. The van der Waals surface area contributed by atoms with Crippen LogP contribution in [0.4, 0.5) is 4.39 Å². The number of piperidine rings is 1. The van der Waals surface area contributed by atoms with E-state index in [1.807, 2.05) is 19.2 Å². The van der Waals surface area contributed by atoms with Crippen molar-refractivity contribution in [2.45, 2.75) is 25.8 Å². The Morgan fingerprint density at radius 2 is 2.10 bits per heavy atom. The maximum absolute atomic E-state index is 14.1. The molecule has 3 nitrogen and oxygen atoms in total. The number of nitrogens with zero attached hydrogens (tertiary/aromatic N) is 1. The molecule has 0 bridgehead atoms. The topological polar surface area (TPSA) is 24.5 Å². The molecule has 112 valence electrons. The molecule has 0 amide bonds. The molecule has 1 heterocycles. The van der Waals surface area contributed by atoms with Crippen LogP contribution in [0.25, 0.3) is 0 Å². The van der Waals surface area contributed by atoms with Crippen LogP contribution in [0.5, 0.6) is 5.75 Å². The summed E-state index contributed by atoms with van der Waals surface area (Å²) >= 11 is 0. The van der Waals surface area contributed by atoms with E-state index in [9.17, 15) is 4.39 Å². The molecule has 2 rings (SSSR count). The van der Waals surface area contributed by atoms with Crippen molar-refractivity contribution in [1.29, 1.82) is 0 Å². The number of hydrogen-bond acceptors (Lipinski definition) is 3. The van der Waals surface area contributed by atoms with E-state index in [0.29, 0.717) is 12.3 Å². The van der Waals surface area contributed by atoms with E-state index in [-0.39, 0.29) is 5.82 Å².